The molecule has 3 N–H and O–H groups in total. The van der Waals surface area contributed by atoms with Gasteiger partial charge in [-0.1, -0.05) is 45.8 Å². The van der Waals surface area contributed by atoms with Gasteiger partial charge in [0.25, 0.3) is 5.91 Å². The van der Waals surface area contributed by atoms with Crippen LogP contribution < -0.4 is 24.8 Å². The van der Waals surface area contributed by atoms with Crippen molar-refractivity contribution in [1.82, 2.24) is 30.1 Å². The van der Waals surface area contributed by atoms with E-state index >= 15 is 9.59 Å². The largest absolute Gasteiger partial charge is 0.490 e. The first-order valence-electron chi connectivity index (χ1n) is 25.2. The minimum atomic E-state index is -4.04. The number of amides is 5. The van der Waals surface area contributed by atoms with Gasteiger partial charge in [0, 0.05) is 49.2 Å². The van der Waals surface area contributed by atoms with Gasteiger partial charge in [0.2, 0.25) is 21.8 Å². The number of nitrogens with one attached hydrogen (secondary N) is 3. The molecule has 8 rings (SSSR count). The number of hydrogen-bond donors (Lipinski definition) is 3. The lowest BCUT2D eigenvalue weighted by molar-refractivity contribution is -0.144. The summed E-state index contributed by atoms with van der Waals surface area (Å²) in [6.45, 7) is 14.2. The number of pyridine rings is 1. The van der Waals surface area contributed by atoms with Gasteiger partial charge in [-0.3, -0.25) is 19.1 Å². The number of fused-ring (bicyclic) bond motifs is 5. The molecular formula is C51H72N6O11S. The summed E-state index contributed by atoms with van der Waals surface area (Å²) < 4.78 is 52.9. The number of ether oxygens (including phenoxy) is 4. The molecule has 0 unspecified atom stereocenters. The Hall–Kier alpha value is -5.13. The molecule has 18 heteroatoms. The summed E-state index contributed by atoms with van der Waals surface area (Å²) in [7, 11) is -4.04. The Kier molecular flexibility index (Phi) is 14.3. The van der Waals surface area contributed by atoms with E-state index in [9.17, 15) is 22.8 Å². The van der Waals surface area contributed by atoms with Gasteiger partial charge >= 0.3 is 12.2 Å². The van der Waals surface area contributed by atoms with E-state index in [1.807, 2.05) is 71.9 Å². The lowest BCUT2D eigenvalue weighted by Crippen LogP contribution is -2.70. The van der Waals surface area contributed by atoms with Crippen LogP contribution in [0, 0.1) is 11.8 Å². The quantitative estimate of drug-likeness (QED) is 0.222. The van der Waals surface area contributed by atoms with E-state index in [1.165, 1.54) is 4.90 Å². The minimum absolute atomic E-state index is 0.0180. The van der Waals surface area contributed by atoms with E-state index in [0.717, 1.165) is 35.0 Å². The Morgan fingerprint density at radius 1 is 1.01 bits per heavy atom. The van der Waals surface area contributed by atoms with Crippen molar-refractivity contribution in [3.8, 4) is 11.5 Å². The zero-order valence-corrected chi connectivity index (χ0v) is 42.3. The standard InChI is InChI=1S/C51H72N6O11S/c1-8-38-42-36(37-28-35(16-17-39(37)52-38)66-34-20-26-56(27-21-34)47(62)68-48(4,5)6)19-22-50(67-42)29-41-43(58)54-51(45(60)55-69(63,64)49(7)24-25-49)23-18-33(51)14-12-10-9-11-13-15-40(44(59)57(41)31-50)53-46(61)65-30-32(2)3/h12,14,16-17,28,32-34,40-41H,8-11,13,15,18-27,29-31H2,1-7H3,(H,53,61)(H,54,58)(H,55,60)/b14-12-/t33-,40+,41+,50-,51-/m1/s1. The molecular weight excluding hydrogens is 905 g/mol. The highest BCUT2D eigenvalue weighted by Crippen LogP contribution is 2.48. The van der Waals surface area contributed by atoms with Crippen molar-refractivity contribution in [3.05, 3.63) is 41.6 Å². The fourth-order valence-electron chi connectivity index (χ4n) is 10.4. The molecule has 378 valence electrons. The lowest BCUT2D eigenvalue weighted by atomic mass is 9.65. The summed E-state index contributed by atoms with van der Waals surface area (Å²) >= 11 is 0. The maximum Gasteiger partial charge on any atom is 0.410 e. The van der Waals surface area contributed by atoms with E-state index in [1.54, 1.807) is 11.8 Å². The molecule has 6 aliphatic rings. The topological polar surface area (TPSA) is 212 Å². The Morgan fingerprint density at radius 3 is 2.43 bits per heavy atom. The van der Waals surface area contributed by atoms with Crippen LogP contribution in [0.4, 0.5) is 9.59 Å². The Bertz CT molecular complexity index is 2460. The maximum absolute atomic E-state index is 15.1. The van der Waals surface area contributed by atoms with Crippen LogP contribution in [-0.4, -0.2) is 119 Å². The molecule has 2 aliphatic carbocycles. The second kappa shape index (κ2) is 19.6. The number of hydrogen-bond acceptors (Lipinski definition) is 12. The highest BCUT2D eigenvalue weighted by Gasteiger charge is 2.60. The molecule has 4 aliphatic heterocycles. The first kappa shape index (κ1) is 50.3. The van der Waals surface area contributed by atoms with Gasteiger partial charge in [0.05, 0.1) is 29.1 Å². The summed E-state index contributed by atoms with van der Waals surface area (Å²) in [4.78, 5) is 78.6. The number of benzene rings is 1. The van der Waals surface area contributed by atoms with Gasteiger partial charge in [-0.2, -0.15) is 0 Å². The SMILES string of the molecule is CCc1nc2ccc(OC3CCN(C(=O)OC(C)(C)C)CC3)cc2c2c1O[C@]1(CC2)C[C@H]2C(=O)N[C@]3(C(=O)NS(=O)(=O)C4(C)CC4)CC[C@H]3/C=C\CCCCC[C@H](NC(=O)OCC(C)C)C(=O)N2C1. The van der Waals surface area contributed by atoms with Crippen molar-refractivity contribution < 1.29 is 51.3 Å². The van der Waals surface area contributed by atoms with Gasteiger partial charge in [0.15, 0.2) is 0 Å². The molecule has 4 fully saturated rings. The van der Waals surface area contributed by atoms with Crippen molar-refractivity contribution in [2.45, 2.75) is 184 Å². The van der Waals surface area contributed by atoms with Crippen LogP contribution in [0.2, 0.25) is 0 Å². The van der Waals surface area contributed by atoms with E-state index in [0.29, 0.717) is 95.2 Å². The number of piperidine rings is 1. The zero-order chi connectivity index (χ0) is 49.5. The molecule has 1 aromatic carbocycles. The van der Waals surface area contributed by atoms with Crippen molar-refractivity contribution in [2.75, 3.05) is 26.2 Å². The molecule has 1 spiro atoms. The monoisotopic (exact) mass is 976 g/mol. The van der Waals surface area contributed by atoms with Crippen molar-refractivity contribution >= 4 is 50.8 Å². The lowest BCUT2D eigenvalue weighted by Gasteiger charge is -2.48. The number of alkyl carbamates (subject to hydrolysis) is 1. The molecule has 5 atom stereocenters. The molecule has 0 radical (unpaired) electrons. The van der Waals surface area contributed by atoms with Crippen LogP contribution in [-0.2, 0) is 46.7 Å². The maximum atomic E-state index is 15.1. The fourth-order valence-corrected chi connectivity index (χ4v) is 11.7. The van der Waals surface area contributed by atoms with E-state index < -0.39 is 73.3 Å². The third-order valence-corrected chi connectivity index (χ3v) is 17.0. The molecule has 2 saturated carbocycles. The number of likely N-dealkylation sites (tertiary alicyclic amines) is 1. The molecule has 69 heavy (non-hydrogen) atoms. The van der Waals surface area contributed by atoms with E-state index in [4.69, 9.17) is 23.9 Å². The van der Waals surface area contributed by atoms with Crippen molar-refractivity contribution in [2.24, 2.45) is 11.8 Å². The normalized spacial score (nSPS) is 27.9. The van der Waals surface area contributed by atoms with Gasteiger partial charge in [0.1, 0.15) is 46.4 Å². The van der Waals surface area contributed by atoms with E-state index in [-0.39, 0.29) is 44.1 Å². The van der Waals surface area contributed by atoms with Gasteiger partial charge in [-0.25, -0.2) is 23.0 Å². The number of aromatic nitrogens is 1. The third-order valence-electron chi connectivity index (χ3n) is 14.9. The summed E-state index contributed by atoms with van der Waals surface area (Å²) in [6.07, 6.45) is 10.4. The van der Waals surface area contributed by atoms with Crippen molar-refractivity contribution in [1.29, 1.82) is 0 Å². The average molecular weight is 977 g/mol. The molecule has 5 heterocycles. The average Bonchev–Trinajstić information content (AvgIpc) is 3.96. The van der Waals surface area contributed by atoms with Crippen molar-refractivity contribution in [3.63, 3.8) is 0 Å². The first-order valence-corrected chi connectivity index (χ1v) is 26.7. The molecule has 2 aromatic rings. The Balaban J connectivity index is 1.09. The molecule has 1 aromatic heterocycles. The smallest absolute Gasteiger partial charge is 0.410 e. The number of allylic oxidation sites excluding steroid dienone is 1. The Labute approximate surface area is 406 Å². The zero-order valence-electron chi connectivity index (χ0n) is 41.4. The van der Waals surface area contributed by atoms with Gasteiger partial charge in [-0.05, 0) is 116 Å². The summed E-state index contributed by atoms with van der Waals surface area (Å²) in [5.74, 6) is -0.971. The summed E-state index contributed by atoms with van der Waals surface area (Å²) in [5.41, 5.74) is -0.724. The Morgan fingerprint density at radius 2 is 1.77 bits per heavy atom. The number of rotatable bonds is 9. The van der Waals surface area contributed by atoms with Gasteiger partial charge < -0.3 is 39.4 Å². The highest BCUT2D eigenvalue weighted by atomic mass is 32.2. The van der Waals surface area contributed by atoms with E-state index in [2.05, 4.69) is 15.4 Å². The fraction of sp³-hybridized carbons (Fsp3) is 0.686. The predicted molar refractivity (Wildman–Crippen MR) is 258 cm³/mol. The second-order valence-electron chi connectivity index (χ2n) is 21.9. The summed E-state index contributed by atoms with van der Waals surface area (Å²) in [6, 6.07) is 3.71. The molecule has 0 bridgehead atoms. The highest BCUT2D eigenvalue weighted by molar-refractivity contribution is 7.91. The predicted octanol–water partition coefficient (Wildman–Crippen LogP) is 6.77. The molecule has 17 nitrogen and oxygen atoms in total. The van der Waals surface area contributed by atoms with Crippen LogP contribution >= 0.6 is 0 Å². The first-order chi connectivity index (χ1) is 32.6. The second-order valence-corrected chi connectivity index (χ2v) is 24.1. The number of nitrogens with zero attached hydrogens (tertiary/aromatic N) is 3. The number of carbonyl (C=O) groups is 5. The number of sulfonamides is 1. The number of carbonyl (C=O) groups excluding carboxylic acids is 5. The van der Waals surface area contributed by atoms with Gasteiger partial charge in [-0.15, -0.1) is 0 Å². The van der Waals surface area contributed by atoms with Crippen LogP contribution in [0.1, 0.15) is 143 Å². The van der Waals surface area contributed by atoms with Crippen LogP contribution in [0.5, 0.6) is 11.5 Å². The van der Waals surface area contributed by atoms with Crippen LogP contribution in [0.3, 0.4) is 0 Å². The van der Waals surface area contributed by atoms with Crippen LogP contribution in [0.25, 0.3) is 10.9 Å². The minimum Gasteiger partial charge on any atom is -0.490 e. The summed E-state index contributed by atoms with van der Waals surface area (Å²) in [5, 5.41) is 6.73. The number of aryl methyl sites for hydroxylation is 2. The third kappa shape index (κ3) is 10.8. The molecule has 2 saturated heterocycles. The van der Waals surface area contributed by atoms with Crippen LogP contribution in [0.15, 0.2) is 30.4 Å². The molecule has 5 amide bonds.